The van der Waals surface area contributed by atoms with Crippen LogP contribution >= 0.6 is 0 Å². The average Bonchev–Trinajstić information content (AvgIpc) is 2.61. The highest BCUT2D eigenvalue weighted by Gasteiger charge is 2.25. The maximum Gasteiger partial charge on any atom is 0.335 e. The lowest BCUT2D eigenvalue weighted by Crippen LogP contribution is -2.47. The molecule has 3 N–H and O–H groups in total. The first-order chi connectivity index (χ1) is 12.7. The topological polar surface area (TPSA) is 95.5 Å². The van der Waals surface area contributed by atoms with E-state index in [1.807, 2.05) is 6.92 Å². The molecule has 0 aromatic heterocycles. The number of nitrogens with one attached hydrogen (secondary N) is 2. The summed E-state index contributed by atoms with van der Waals surface area (Å²) < 4.78 is 14.0. The fourth-order valence-electron chi connectivity index (χ4n) is 2.42. The highest BCUT2D eigenvalue weighted by Crippen LogP contribution is 2.17. The Bertz CT molecular complexity index is 863. The molecule has 2 amide bonds. The van der Waals surface area contributed by atoms with Crippen molar-refractivity contribution < 1.29 is 23.9 Å². The molecule has 0 fully saturated rings. The maximum absolute atomic E-state index is 14.0. The van der Waals surface area contributed by atoms with E-state index in [2.05, 4.69) is 10.6 Å². The number of amides is 2. The molecular formula is C20H21FN2O4. The standard InChI is InChI=1S/C20H21FN2O4/c1-11(2)17(23-18(24)13-6-4-12(3)5-7-13)19(25)22-16-9-8-14(20(26)27)10-15(16)21/h4-11,17H,1-3H3,(H,22,25)(H,23,24)(H,26,27). The van der Waals surface area contributed by atoms with Crippen molar-refractivity contribution in [3.8, 4) is 0 Å². The Morgan fingerprint density at radius 1 is 1.00 bits per heavy atom. The Morgan fingerprint density at radius 3 is 2.11 bits per heavy atom. The summed E-state index contributed by atoms with van der Waals surface area (Å²) in [7, 11) is 0. The number of carboxylic acid groups (broad SMARTS) is 1. The van der Waals surface area contributed by atoms with Crippen LogP contribution in [-0.2, 0) is 4.79 Å². The van der Waals surface area contributed by atoms with Gasteiger partial charge in [-0.3, -0.25) is 9.59 Å². The van der Waals surface area contributed by atoms with Gasteiger partial charge >= 0.3 is 5.97 Å². The lowest BCUT2D eigenvalue weighted by Gasteiger charge is -2.22. The molecule has 0 radical (unpaired) electrons. The lowest BCUT2D eigenvalue weighted by atomic mass is 10.0. The second-order valence-corrected chi connectivity index (χ2v) is 6.55. The molecule has 6 nitrogen and oxygen atoms in total. The number of halogens is 1. The number of carboxylic acids is 1. The van der Waals surface area contributed by atoms with E-state index in [1.54, 1.807) is 38.1 Å². The van der Waals surface area contributed by atoms with E-state index in [0.29, 0.717) is 5.56 Å². The molecule has 2 aromatic rings. The van der Waals surface area contributed by atoms with Crippen molar-refractivity contribution in [3.05, 3.63) is 65.0 Å². The fourth-order valence-corrected chi connectivity index (χ4v) is 2.42. The average molecular weight is 372 g/mol. The SMILES string of the molecule is Cc1ccc(C(=O)NC(C(=O)Nc2ccc(C(=O)O)cc2F)C(C)C)cc1. The van der Waals surface area contributed by atoms with Crippen LogP contribution in [0.1, 0.15) is 40.1 Å². The van der Waals surface area contributed by atoms with E-state index in [1.165, 1.54) is 12.1 Å². The first kappa shape index (κ1) is 20.1. The number of anilines is 1. The number of rotatable bonds is 6. The van der Waals surface area contributed by atoms with Crippen molar-refractivity contribution in [1.29, 1.82) is 0 Å². The molecule has 7 heteroatoms. The van der Waals surface area contributed by atoms with Crippen molar-refractivity contribution in [2.45, 2.75) is 26.8 Å². The summed E-state index contributed by atoms with van der Waals surface area (Å²) in [6, 6.07) is 9.20. The van der Waals surface area contributed by atoms with Crippen LogP contribution in [-0.4, -0.2) is 28.9 Å². The molecule has 1 unspecified atom stereocenters. The van der Waals surface area contributed by atoms with Gasteiger partial charge < -0.3 is 15.7 Å². The van der Waals surface area contributed by atoms with Crippen molar-refractivity contribution in [2.24, 2.45) is 5.92 Å². The lowest BCUT2D eigenvalue weighted by molar-refractivity contribution is -0.118. The summed E-state index contributed by atoms with van der Waals surface area (Å²) in [6.45, 7) is 5.41. The Kier molecular flexibility index (Phi) is 6.28. The predicted octanol–water partition coefficient (Wildman–Crippen LogP) is 3.23. The van der Waals surface area contributed by atoms with Crippen LogP contribution < -0.4 is 10.6 Å². The van der Waals surface area contributed by atoms with Crippen LogP contribution in [0.25, 0.3) is 0 Å². The minimum Gasteiger partial charge on any atom is -0.478 e. The van der Waals surface area contributed by atoms with E-state index in [0.717, 1.165) is 11.6 Å². The normalized spacial score (nSPS) is 11.7. The summed E-state index contributed by atoms with van der Waals surface area (Å²) >= 11 is 0. The Balaban J connectivity index is 2.14. The molecule has 27 heavy (non-hydrogen) atoms. The van der Waals surface area contributed by atoms with Crippen molar-refractivity contribution in [2.75, 3.05) is 5.32 Å². The third kappa shape index (κ3) is 5.13. The molecule has 0 aliphatic heterocycles. The van der Waals surface area contributed by atoms with E-state index < -0.39 is 29.6 Å². The van der Waals surface area contributed by atoms with Gasteiger partial charge in [0.05, 0.1) is 11.3 Å². The maximum atomic E-state index is 14.0. The number of carbonyl (C=O) groups excluding carboxylic acids is 2. The summed E-state index contributed by atoms with van der Waals surface area (Å²) in [5, 5.41) is 13.9. The van der Waals surface area contributed by atoms with E-state index in [9.17, 15) is 18.8 Å². The number of benzene rings is 2. The molecule has 2 rings (SSSR count). The highest BCUT2D eigenvalue weighted by molar-refractivity contribution is 6.01. The second kappa shape index (κ2) is 8.44. The summed E-state index contributed by atoms with van der Waals surface area (Å²) in [6.07, 6.45) is 0. The summed E-state index contributed by atoms with van der Waals surface area (Å²) in [4.78, 5) is 35.8. The summed E-state index contributed by atoms with van der Waals surface area (Å²) in [5.74, 6) is -3.38. The van der Waals surface area contributed by atoms with Gasteiger partial charge in [0.2, 0.25) is 5.91 Å². The Labute approximate surface area is 156 Å². The third-order valence-electron chi connectivity index (χ3n) is 4.02. The van der Waals surface area contributed by atoms with Gasteiger partial charge in [0, 0.05) is 5.56 Å². The number of carbonyl (C=O) groups is 3. The van der Waals surface area contributed by atoms with Gasteiger partial charge in [0.15, 0.2) is 0 Å². The minimum absolute atomic E-state index is 0.153. The first-order valence-electron chi connectivity index (χ1n) is 8.40. The smallest absolute Gasteiger partial charge is 0.335 e. The molecule has 2 aromatic carbocycles. The van der Waals surface area contributed by atoms with Gasteiger partial charge in [0.25, 0.3) is 5.91 Å². The van der Waals surface area contributed by atoms with E-state index in [4.69, 9.17) is 5.11 Å². The largest absolute Gasteiger partial charge is 0.478 e. The van der Waals surface area contributed by atoms with Gasteiger partial charge in [-0.25, -0.2) is 9.18 Å². The fraction of sp³-hybridized carbons (Fsp3) is 0.250. The monoisotopic (exact) mass is 372 g/mol. The molecule has 0 aliphatic carbocycles. The van der Waals surface area contributed by atoms with Crippen LogP contribution in [0.15, 0.2) is 42.5 Å². The van der Waals surface area contributed by atoms with Crippen LogP contribution in [0.3, 0.4) is 0 Å². The summed E-state index contributed by atoms with van der Waals surface area (Å²) in [5.41, 5.74) is 1.04. The molecule has 142 valence electrons. The predicted molar refractivity (Wildman–Crippen MR) is 99.3 cm³/mol. The van der Waals surface area contributed by atoms with Crippen molar-refractivity contribution in [1.82, 2.24) is 5.32 Å². The molecule has 0 aliphatic rings. The third-order valence-corrected chi connectivity index (χ3v) is 4.02. The molecule has 0 spiro atoms. The van der Waals surface area contributed by atoms with Gasteiger partial charge in [-0.05, 0) is 43.2 Å². The van der Waals surface area contributed by atoms with E-state index >= 15 is 0 Å². The zero-order valence-corrected chi connectivity index (χ0v) is 15.2. The molecule has 0 bridgehead atoms. The number of hydrogen-bond donors (Lipinski definition) is 3. The number of aromatic carboxylic acids is 1. The van der Waals surface area contributed by atoms with Crippen LogP contribution in [0.4, 0.5) is 10.1 Å². The molecular weight excluding hydrogens is 351 g/mol. The number of aryl methyl sites for hydroxylation is 1. The molecule has 0 saturated heterocycles. The van der Waals surface area contributed by atoms with Gasteiger partial charge in [0.1, 0.15) is 11.9 Å². The Hall–Kier alpha value is -3.22. The number of hydrogen-bond acceptors (Lipinski definition) is 3. The zero-order chi connectivity index (χ0) is 20.1. The molecule has 0 saturated carbocycles. The minimum atomic E-state index is -1.27. The molecule has 1 atom stereocenters. The van der Waals surface area contributed by atoms with Crippen LogP contribution in [0.2, 0.25) is 0 Å². The van der Waals surface area contributed by atoms with Crippen LogP contribution in [0.5, 0.6) is 0 Å². The zero-order valence-electron chi connectivity index (χ0n) is 15.2. The quantitative estimate of drug-likeness (QED) is 0.725. The first-order valence-corrected chi connectivity index (χ1v) is 8.40. The van der Waals surface area contributed by atoms with Gasteiger partial charge in [-0.15, -0.1) is 0 Å². The highest BCUT2D eigenvalue weighted by atomic mass is 19.1. The molecule has 0 heterocycles. The Morgan fingerprint density at radius 2 is 1.59 bits per heavy atom. The second-order valence-electron chi connectivity index (χ2n) is 6.55. The van der Waals surface area contributed by atoms with Gasteiger partial charge in [-0.1, -0.05) is 31.5 Å². The van der Waals surface area contributed by atoms with Crippen molar-refractivity contribution >= 4 is 23.5 Å². The van der Waals surface area contributed by atoms with Crippen LogP contribution in [0, 0.1) is 18.7 Å². The van der Waals surface area contributed by atoms with E-state index in [-0.39, 0.29) is 17.2 Å². The van der Waals surface area contributed by atoms with Gasteiger partial charge in [-0.2, -0.15) is 0 Å². The van der Waals surface area contributed by atoms with Crippen molar-refractivity contribution in [3.63, 3.8) is 0 Å².